The van der Waals surface area contributed by atoms with E-state index in [9.17, 15) is 26.7 Å². The second-order valence-electron chi connectivity index (χ2n) is 4.58. The summed E-state index contributed by atoms with van der Waals surface area (Å²) in [5, 5.41) is 8.92. The lowest BCUT2D eigenvalue weighted by atomic mass is 9.84. The molecule has 0 bridgehead atoms. The third kappa shape index (κ3) is 2.69. The van der Waals surface area contributed by atoms with Gasteiger partial charge in [0.15, 0.2) is 0 Å². The van der Waals surface area contributed by atoms with Crippen molar-refractivity contribution in [1.29, 1.82) is 0 Å². The fourth-order valence-electron chi connectivity index (χ4n) is 1.38. The van der Waals surface area contributed by atoms with Crippen molar-refractivity contribution in [3.05, 3.63) is 35.4 Å². The van der Waals surface area contributed by atoms with Crippen LogP contribution in [0, 0.1) is 0 Å². The maximum Gasteiger partial charge on any atom is 0.458 e. The Bertz CT molecular complexity index is 474. The standard InChI is InChI=1S/C12H11F5O2/c1-10(2,9(18)19)7-3-5-8(6-4-7)11(13,14)12(15,16)17/h3-6H,1-2H3,(H,18,19). The van der Waals surface area contributed by atoms with Gasteiger partial charge in [-0.05, 0) is 19.4 Å². The molecule has 0 radical (unpaired) electrons. The Morgan fingerprint density at radius 2 is 1.32 bits per heavy atom. The van der Waals surface area contributed by atoms with Gasteiger partial charge >= 0.3 is 18.1 Å². The molecule has 19 heavy (non-hydrogen) atoms. The molecule has 0 atom stereocenters. The Balaban J connectivity index is 3.18. The number of halogens is 5. The highest BCUT2D eigenvalue weighted by Crippen LogP contribution is 2.44. The third-order valence-corrected chi connectivity index (χ3v) is 2.86. The SMILES string of the molecule is CC(C)(C(=O)O)c1ccc(C(F)(F)C(F)(F)F)cc1. The number of carbonyl (C=O) groups is 1. The van der Waals surface area contributed by atoms with Crippen LogP contribution in [0.2, 0.25) is 0 Å². The van der Waals surface area contributed by atoms with E-state index < -0.39 is 29.0 Å². The highest BCUT2D eigenvalue weighted by molar-refractivity contribution is 5.80. The first-order valence-corrected chi connectivity index (χ1v) is 5.19. The van der Waals surface area contributed by atoms with Crippen LogP contribution in [0.3, 0.4) is 0 Å². The van der Waals surface area contributed by atoms with Crippen LogP contribution in [0.25, 0.3) is 0 Å². The molecule has 1 aromatic carbocycles. The molecular formula is C12H11F5O2. The molecule has 1 rings (SSSR count). The van der Waals surface area contributed by atoms with Crippen molar-refractivity contribution in [2.75, 3.05) is 0 Å². The number of alkyl halides is 5. The number of benzene rings is 1. The van der Waals surface area contributed by atoms with E-state index in [0.29, 0.717) is 12.1 Å². The molecule has 0 saturated carbocycles. The van der Waals surface area contributed by atoms with E-state index in [2.05, 4.69) is 0 Å². The smallest absolute Gasteiger partial charge is 0.458 e. The van der Waals surface area contributed by atoms with E-state index in [4.69, 9.17) is 5.11 Å². The third-order valence-electron chi connectivity index (χ3n) is 2.86. The lowest BCUT2D eigenvalue weighted by Crippen LogP contribution is -2.34. The van der Waals surface area contributed by atoms with E-state index in [-0.39, 0.29) is 5.56 Å². The lowest BCUT2D eigenvalue weighted by Gasteiger charge is -2.23. The average molecular weight is 282 g/mol. The van der Waals surface area contributed by atoms with E-state index in [0.717, 1.165) is 12.1 Å². The minimum Gasteiger partial charge on any atom is -0.481 e. The van der Waals surface area contributed by atoms with Gasteiger partial charge in [-0.2, -0.15) is 22.0 Å². The van der Waals surface area contributed by atoms with Crippen molar-refractivity contribution in [2.45, 2.75) is 31.4 Å². The van der Waals surface area contributed by atoms with Crippen molar-refractivity contribution >= 4 is 5.97 Å². The zero-order valence-corrected chi connectivity index (χ0v) is 10.1. The summed E-state index contributed by atoms with van der Waals surface area (Å²) in [6, 6.07) is 3.10. The molecule has 0 saturated heterocycles. The first kappa shape index (κ1) is 15.4. The maximum atomic E-state index is 13.0. The minimum absolute atomic E-state index is 0.140. The van der Waals surface area contributed by atoms with Gasteiger partial charge in [0.2, 0.25) is 0 Å². The van der Waals surface area contributed by atoms with Gasteiger partial charge in [-0.25, -0.2) is 0 Å². The van der Waals surface area contributed by atoms with Crippen LogP contribution < -0.4 is 0 Å². The summed E-state index contributed by atoms with van der Waals surface area (Å²) in [5.41, 5.74) is -2.45. The van der Waals surface area contributed by atoms with Crippen LogP contribution >= 0.6 is 0 Å². The molecule has 0 spiro atoms. The summed E-state index contributed by atoms with van der Waals surface area (Å²) in [7, 11) is 0. The largest absolute Gasteiger partial charge is 0.481 e. The lowest BCUT2D eigenvalue weighted by molar-refractivity contribution is -0.289. The van der Waals surface area contributed by atoms with Crippen molar-refractivity contribution in [1.82, 2.24) is 0 Å². The van der Waals surface area contributed by atoms with Gasteiger partial charge < -0.3 is 5.11 Å². The van der Waals surface area contributed by atoms with Gasteiger partial charge in [-0.15, -0.1) is 0 Å². The molecule has 0 aromatic heterocycles. The summed E-state index contributed by atoms with van der Waals surface area (Å²) in [5.74, 6) is -6.17. The Morgan fingerprint density at radius 3 is 1.63 bits per heavy atom. The van der Waals surface area contributed by atoms with Gasteiger partial charge in [0.25, 0.3) is 0 Å². The predicted molar refractivity (Wildman–Crippen MR) is 57.1 cm³/mol. The number of hydrogen-bond donors (Lipinski definition) is 1. The second-order valence-corrected chi connectivity index (χ2v) is 4.58. The van der Waals surface area contributed by atoms with Crippen molar-refractivity contribution in [2.24, 2.45) is 0 Å². The number of carboxylic acid groups (broad SMARTS) is 1. The number of aliphatic carboxylic acids is 1. The monoisotopic (exact) mass is 282 g/mol. The molecule has 1 N–H and O–H groups in total. The summed E-state index contributed by atoms with van der Waals surface area (Å²) in [6.07, 6.45) is -5.68. The fourth-order valence-corrected chi connectivity index (χ4v) is 1.38. The first-order chi connectivity index (χ1) is 8.40. The summed E-state index contributed by atoms with van der Waals surface area (Å²) in [6.45, 7) is 2.65. The predicted octanol–water partition coefficient (Wildman–Crippen LogP) is 3.70. The molecule has 0 heterocycles. The quantitative estimate of drug-likeness (QED) is 0.858. The normalized spacial score (nSPS) is 13.4. The van der Waals surface area contributed by atoms with Gasteiger partial charge in [0.05, 0.1) is 5.41 Å². The zero-order chi connectivity index (χ0) is 15.1. The van der Waals surface area contributed by atoms with E-state index >= 15 is 0 Å². The van der Waals surface area contributed by atoms with Crippen LogP contribution in [0.4, 0.5) is 22.0 Å². The Hall–Kier alpha value is -1.66. The van der Waals surface area contributed by atoms with E-state index in [1.807, 2.05) is 0 Å². The van der Waals surface area contributed by atoms with Gasteiger partial charge in [-0.3, -0.25) is 4.79 Å². The molecule has 1 aromatic rings. The highest BCUT2D eigenvalue weighted by Gasteiger charge is 2.58. The van der Waals surface area contributed by atoms with Gasteiger partial charge in [-0.1, -0.05) is 24.3 Å². The molecule has 2 nitrogen and oxygen atoms in total. The second kappa shape index (κ2) is 4.47. The fraction of sp³-hybridized carbons (Fsp3) is 0.417. The molecule has 0 aliphatic rings. The molecule has 0 amide bonds. The van der Waals surface area contributed by atoms with Crippen LogP contribution in [0.1, 0.15) is 25.0 Å². The number of rotatable bonds is 3. The van der Waals surface area contributed by atoms with E-state index in [1.54, 1.807) is 0 Å². The topological polar surface area (TPSA) is 37.3 Å². The number of hydrogen-bond acceptors (Lipinski definition) is 1. The van der Waals surface area contributed by atoms with Crippen LogP contribution in [-0.4, -0.2) is 17.3 Å². The van der Waals surface area contributed by atoms with Crippen LogP contribution in [-0.2, 0) is 16.1 Å². The molecule has 0 fully saturated rings. The first-order valence-electron chi connectivity index (χ1n) is 5.19. The van der Waals surface area contributed by atoms with Crippen molar-refractivity contribution < 1.29 is 31.9 Å². The van der Waals surface area contributed by atoms with Crippen LogP contribution in [0.15, 0.2) is 24.3 Å². The molecule has 7 heteroatoms. The summed E-state index contributed by atoms with van der Waals surface area (Å²) in [4.78, 5) is 10.9. The Labute approximate surface area is 105 Å². The molecule has 106 valence electrons. The Kier molecular flexibility index (Phi) is 3.62. The summed E-state index contributed by atoms with van der Waals surface area (Å²) < 4.78 is 62.4. The number of carboxylic acids is 1. The van der Waals surface area contributed by atoms with Crippen LogP contribution in [0.5, 0.6) is 0 Å². The molecule has 0 aliphatic carbocycles. The Morgan fingerprint density at radius 1 is 0.947 bits per heavy atom. The van der Waals surface area contributed by atoms with Crippen molar-refractivity contribution in [3.8, 4) is 0 Å². The van der Waals surface area contributed by atoms with Crippen molar-refractivity contribution in [3.63, 3.8) is 0 Å². The highest BCUT2D eigenvalue weighted by atomic mass is 19.4. The van der Waals surface area contributed by atoms with Gasteiger partial charge in [0.1, 0.15) is 0 Å². The molecule has 0 unspecified atom stereocenters. The summed E-state index contributed by atoms with van der Waals surface area (Å²) >= 11 is 0. The molecular weight excluding hydrogens is 271 g/mol. The zero-order valence-electron chi connectivity index (χ0n) is 10.1. The molecule has 0 aliphatic heterocycles. The van der Waals surface area contributed by atoms with E-state index in [1.165, 1.54) is 13.8 Å². The van der Waals surface area contributed by atoms with Gasteiger partial charge in [0, 0.05) is 5.56 Å². The average Bonchev–Trinajstić information content (AvgIpc) is 2.27. The minimum atomic E-state index is -5.68. The maximum absolute atomic E-state index is 13.0.